The summed E-state index contributed by atoms with van der Waals surface area (Å²) in [5.41, 5.74) is 0.415. The van der Waals surface area contributed by atoms with Crippen molar-refractivity contribution in [1.82, 2.24) is 9.80 Å². The summed E-state index contributed by atoms with van der Waals surface area (Å²) in [5, 5.41) is 10.9. The number of Topliss-reactive ketones (excluding diaryl/α,β-unsaturated/α-hetero) is 1. The van der Waals surface area contributed by atoms with Crippen molar-refractivity contribution in [2.45, 2.75) is 6.04 Å². The summed E-state index contributed by atoms with van der Waals surface area (Å²) in [7, 11) is 5.28. The zero-order valence-corrected chi connectivity index (χ0v) is 15.5. The zero-order valence-electron chi connectivity index (χ0n) is 15.5. The third kappa shape index (κ3) is 3.59. The van der Waals surface area contributed by atoms with Crippen molar-refractivity contribution in [3.63, 3.8) is 0 Å². The summed E-state index contributed by atoms with van der Waals surface area (Å²) >= 11 is 0. The molecule has 7 nitrogen and oxygen atoms in total. The van der Waals surface area contributed by atoms with Crippen molar-refractivity contribution in [1.29, 1.82) is 0 Å². The second-order valence-corrected chi connectivity index (χ2v) is 6.54. The lowest BCUT2D eigenvalue weighted by Crippen LogP contribution is -2.35. The summed E-state index contributed by atoms with van der Waals surface area (Å²) < 4.78 is 10.7. The van der Waals surface area contributed by atoms with Gasteiger partial charge in [-0.2, -0.15) is 0 Å². The van der Waals surface area contributed by atoms with Crippen LogP contribution in [0, 0.1) is 0 Å². The van der Waals surface area contributed by atoms with Gasteiger partial charge in [0.15, 0.2) is 0 Å². The van der Waals surface area contributed by atoms with Gasteiger partial charge in [-0.25, -0.2) is 0 Å². The van der Waals surface area contributed by atoms with Crippen LogP contribution in [-0.4, -0.2) is 60.9 Å². The van der Waals surface area contributed by atoms with Crippen LogP contribution in [-0.2, 0) is 9.59 Å². The number of carbonyl (C=O) groups is 2. The topological polar surface area (TPSA) is 83.2 Å². The lowest BCUT2D eigenvalue weighted by molar-refractivity contribution is -0.140. The van der Waals surface area contributed by atoms with Crippen LogP contribution in [0.1, 0.15) is 17.4 Å². The van der Waals surface area contributed by atoms with E-state index in [1.165, 1.54) is 18.3 Å². The van der Waals surface area contributed by atoms with Crippen molar-refractivity contribution in [3.05, 3.63) is 59.6 Å². The minimum atomic E-state index is -0.772. The van der Waals surface area contributed by atoms with Gasteiger partial charge in [0.1, 0.15) is 23.3 Å². The van der Waals surface area contributed by atoms with Crippen LogP contribution in [0.5, 0.6) is 5.75 Å². The number of hydrogen-bond acceptors (Lipinski definition) is 6. The minimum absolute atomic E-state index is 0.0157. The highest BCUT2D eigenvalue weighted by Crippen LogP contribution is 2.39. The summed E-state index contributed by atoms with van der Waals surface area (Å²) in [6.45, 7) is 0.904. The number of methoxy groups -OCH3 is 1. The van der Waals surface area contributed by atoms with Crippen LogP contribution in [0.25, 0.3) is 5.76 Å². The molecule has 2 aromatic rings. The van der Waals surface area contributed by atoms with Gasteiger partial charge in [0.25, 0.3) is 11.7 Å². The van der Waals surface area contributed by atoms with Crippen LogP contribution < -0.4 is 4.74 Å². The largest absolute Gasteiger partial charge is 0.507 e. The normalized spacial score (nSPS) is 19.1. The van der Waals surface area contributed by atoms with E-state index in [0.29, 0.717) is 30.2 Å². The summed E-state index contributed by atoms with van der Waals surface area (Å²) in [5.74, 6) is -0.660. The van der Waals surface area contributed by atoms with Crippen LogP contribution in [0.2, 0.25) is 0 Å². The number of aliphatic hydroxyl groups excluding tert-OH is 1. The fraction of sp³-hybridized carbons (Fsp3) is 0.300. The maximum atomic E-state index is 12.7. The number of aliphatic hydroxyl groups is 1. The molecule has 3 rings (SSSR count). The van der Waals surface area contributed by atoms with Crippen molar-refractivity contribution < 1.29 is 23.8 Å². The lowest BCUT2D eigenvalue weighted by atomic mass is 9.99. The molecule has 0 aliphatic carbocycles. The highest BCUT2D eigenvalue weighted by atomic mass is 16.5. The van der Waals surface area contributed by atoms with Crippen LogP contribution in [0.4, 0.5) is 0 Å². The molecule has 1 atom stereocenters. The van der Waals surface area contributed by atoms with E-state index in [4.69, 9.17) is 9.15 Å². The molecule has 27 heavy (non-hydrogen) atoms. The number of nitrogens with zero attached hydrogens (tertiary/aromatic N) is 2. The van der Waals surface area contributed by atoms with E-state index in [2.05, 4.69) is 0 Å². The summed E-state index contributed by atoms with van der Waals surface area (Å²) in [6.07, 6.45) is 1.48. The predicted molar refractivity (Wildman–Crippen MR) is 99.3 cm³/mol. The fourth-order valence-electron chi connectivity index (χ4n) is 3.09. The van der Waals surface area contributed by atoms with E-state index < -0.39 is 17.7 Å². The van der Waals surface area contributed by atoms with E-state index in [9.17, 15) is 14.7 Å². The molecule has 0 spiro atoms. The van der Waals surface area contributed by atoms with Gasteiger partial charge in [-0.05, 0) is 38.4 Å². The molecule has 0 bridgehead atoms. The molecule has 142 valence electrons. The molecule has 1 saturated heterocycles. The first kappa shape index (κ1) is 18.7. The highest BCUT2D eigenvalue weighted by Gasteiger charge is 2.47. The Morgan fingerprint density at radius 1 is 1.26 bits per heavy atom. The average Bonchev–Trinajstić information content (AvgIpc) is 3.27. The summed E-state index contributed by atoms with van der Waals surface area (Å²) in [6, 6.07) is 9.32. The lowest BCUT2D eigenvalue weighted by Gasteiger charge is -2.24. The van der Waals surface area contributed by atoms with Gasteiger partial charge in [-0.15, -0.1) is 0 Å². The molecular weight excluding hydrogens is 348 g/mol. The number of amides is 1. The van der Waals surface area contributed by atoms with E-state index in [1.807, 2.05) is 19.0 Å². The number of carbonyl (C=O) groups excluding carboxylic acids is 2. The van der Waals surface area contributed by atoms with Gasteiger partial charge >= 0.3 is 0 Å². The standard InChI is InChI=1S/C20H22N2O5/c1-21(2)9-10-22-17(15-8-5-11-27-15)16(19(24)20(22)25)18(23)13-6-4-7-14(12-13)26-3/h4-8,11-12,17,23H,9-10H2,1-3H3/t17-/m1/s1. The molecule has 1 fully saturated rings. The molecule has 1 aromatic carbocycles. The average molecular weight is 370 g/mol. The van der Waals surface area contributed by atoms with Crippen LogP contribution >= 0.6 is 0 Å². The van der Waals surface area contributed by atoms with Crippen LogP contribution in [0.15, 0.2) is 52.7 Å². The van der Waals surface area contributed by atoms with Crippen molar-refractivity contribution in [2.75, 3.05) is 34.3 Å². The molecule has 0 saturated carbocycles. The van der Waals surface area contributed by atoms with E-state index in [0.717, 1.165) is 0 Å². The Bertz CT molecular complexity index is 870. The maximum absolute atomic E-state index is 12.7. The van der Waals surface area contributed by atoms with E-state index in [1.54, 1.807) is 36.4 Å². The minimum Gasteiger partial charge on any atom is -0.507 e. The number of rotatable bonds is 6. The second-order valence-electron chi connectivity index (χ2n) is 6.54. The monoisotopic (exact) mass is 370 g/mol. The number of benzene rings is 1. The molecule has 1 aromatic heterocycles. The Labute approximate surface area is 157 Å². The molecule has 1 N–H and O–H groups in total. The number of hydrogen-bond donors (Lipinski definition) is 1. The number of ether oxygens (including phenoxy) is 1. The SMILES string of the molecule is COc1cccc(C(O)=C2C(=O)C(=O)N(CCN(C)C)[C@@H]2c2ccco2)c1. The van der Waals surface area contributed by atoms with E-state index >= 15 is 0 Å². The van der Waals surface area contributed by atoms with E-state index in [-0.39, 0.29) is 11.3 Å². The summed E-state index contributed by atoms with van der Waals surface area (Å²) in [4.78, 5) is 28.7. The molecule has 0 radical (unpaired) electrons. The number of likely N-dealkylation sites (tertiary alicyclic amines) is 1. The van der Waals surface area contributed by atoms with Crippen molar-refractivity contribution in [2.24, 2.45) is 0 Å². The zero-order chi connectivity index (χ0) is 19.6. The number of furan rings is 1. The first-order valence-corrected chi connectivity index (χ1v) is 8.55. The Morgan fingerprint density at radius 3 is 2.67 bits per heavy atom. The predicted octanol–water partition coefficient (Wildman–Crippen LogP) is 2.27. The smallest absolute Gasteiger partial charge is 0.295 e. The van der Waals surface area contributed by atoms with Crippen molar-refractivity contribution >= 4 is 17.4 Å². The molecule has 1 amide bonds. The quantitative estimate of drug-likeness (QED) is 0.477. The molecule has 1 aliphatic rings. The Kier molecular flexibility index (Phi) is 5.32. The van der Waals surface area contributed by atoms with Gasteiger partial charge in [-0.3, -0.25) is 9.59 Å². The third-order valence-electron chi connectivity index (χ3n) is 4.48. The highest BCUT2D eigenvalue weighted by molar-refractivity contribution is 6.46. The molecular formula is C20H22N2O5. The molecule has 2 heterocycles. The van der Waals surface area contributed by atoms with Gasteiger partial charge in [0.2, 0.25) is 0 Å². The molecule has 0 unspecified atom stereocenters. The van der Waals surface area contributed by atoms with Gasteiger partial charge < -0.3 is 24.1 Å². The fourth-order valence-corrected chi connectivity index (χ4v) is 3.09. The van der Waals surface area contributed by atoms with Gasteiger partial charge in [0.05, 0.1) is 18.9 Å². The molecule has 1 aliphatic heterocycles. The Balaban J connectivity index is 2.10. The second kappa shape index (κ2) is 7.67. The molecule has 7 heteroatoms. The van der Waals surface area contributed by atoms with Gasteiger partial charge in [-0.1, -0.05) is 12.1 Å². The Hall–Kier alpha value is -3.06. The first-order valence-electron chi connectivity index (χ1n) is 8.55. The number of ketones is 1. The number of likely N-dealkylation sites (N-methyl/N-ethyl adjacent to an activating group) is 1. The Morgan fingerprint density at radius 2 is 2.04 bits per heavy atom. The first-order chi connectivity index (χ1) is 12.9. The third-order valence-corrected chi connectivity index (χ3v) is 4.48. The maximum Gasteiger partial charge on any atom is 0.295 e. The van der Waals surface area contributed by atoms with Crippen molar-refractivity contribution in [3.8, 4) is 5.75 Å². The van der Waals surface area contributed by atoms with Crippen LogP contribution in [0.3, 0.4) is 0 Å². The van der Waals surface area contributed by atoms with Gasteiger partial charge in [0, 0.05) is 18.7 Å².